The van der Waals surface area contributed by atoms with E-state index in [0.717, 1.165) is 36.9 Å². The molecule has 0 radical (unpaired) electrons. The quantitative estimate of drug-likeness (QED) is 0.900. The van der Waals surface area contributed by atoms with Gasteiger partial charge < -0.3 is 15.4 Å². The minimum atomic E-state index is -0.237. The molecular formula is C16H21FN2O2. The van der Waals surface area contributed by atoms with E-state index in [1.807, 2.05) is 0 Å². The van der Waals surface area contributed by atoms with Crippen LogP contribution in [0.5, 0.6) is 0 Å². The van der Waals surface area contributed by atoms with Gasteiger partial charge in [-0.25, -0.2) is 4.39 Å². The van der Waals surface area contributed by atoms with E-state index in [-0.39, 0.29) is 17.8 Å². The first-order valence-corrected chi connectivity index (χ1v) is 7.57. The Morgan fingerprint density at radius 3 is 2.71 bits per heavy atom. The van der Waals surface area contributed by atoms with Gasteiger partial charge in [0, 0.05) is 25.3 Å². The number of nitrogens with one attached hydrogen (secondary N) is 2. The molecule has 0 saturated heterocycles. The van der Waals surface area contributed by atoms with Gasteiger partial charge in [0.2, 0.25) is 5.91 Å². The molecule has 3 rings (SSSR count). The van der Waals surface area contributed by atoms with Crippen molar-refractivity contribution in [3.8, 4) is 0 Å². The summed E-state index contributed by atoms with van der Waals surface area (Å²) in [5.41, 5.74) is 2.10. The highest BCUT2D eigenvalue weighted by Crippen LogP contribution is 2.31. The van der Waals surface area contributed by atoms with Gasteiger partial charge in [-0.05, 0) is 49.8 Å². The number of fused-ring (bicyclic) bond motifs is 1. The molecule has 1 heterocycles. The van der Waals surface area contributed by atoms with Crippen LogP contribution < -0.4 is 10.6 Å². The van der Waals surface area contributed by atoms with Gasteiger partial charge in [0.1, 0.15) is 5.82 Å². The maximum atomic E-state index is 14.2. The van der Waals surface area contributed by atoms with Crippen molar-refractivity contribution in [1.82, 2.24) is 0 Å². The zero-order valence-corrected chi connectivity index (χ0v) is 12.2. The number of carbonyl (C=O) groups is 1. The third-order valence-electron chi connectivity index (χ3n) is 4.46. The third kappa shape index (κ3) is 3.18. The molecule has 1 fully saturated rings. The average molecular weight is 292 g/mol. The number of anilines is 2. The van der Waals surface area contributed by atoms with Gasteiger partial charge in [-0.1, -0.05) is 0 Å². The van der Waals surface area contributed by atoms with Gasteiger partial charge >= 0.3 is 0 Å². The van der Waals surface area contributed by atoms with Gasteiger partial charge in [0.15, 0.2) is 0 Å². The molecule has 114 valence electrons. The van der Waals surface area contributed by atoms with Crippen LogP contribution in [0.25, 0.3) is 0 Å². The van der Waals surface area contributed by atoms with E-state index in [4.69, 9.17) is 4.74 Å². The number of benzene rings is 1. The monoisotopic (exact) mass is 292 g/mol. The molecule has 1 aromatic carbocycles. The summed E-state index contributed by atoms with van der Waals surface area (Å²) in [6.45, 7) is 0. The lowest BCUT2D eigenvalue weighted by Gasteiger charge is -2.29. The normalized spacial score (nSPS) is 25.1. The van der Waals surface area contributed by atoms with Crippen molar-refractivity contribution in [3.05, 3.63) is 23.5 Å². The highest BCUT2D eigenvalue weighted by molar-refractivity contribution is 5.94. The Kier molecular flexibility index (Phi) is 4.10. The Balaban J connectivity index is 1.71. The molecule has 5 heteroatoms. The summed E-state index contributed by atoms with van der Waals surface area (Å²) in [7, 11) is 1.74. The second-order valence-electron chi connectivity index (χ2n) is 5.89. The fraction of sp³-hybridized carbons (Fsp3) is 0.562. The van der Waals surface area contributed by atoms with E-state index in [0.29, 0.717) is 24.6 Å². The summed E-state index contributed by atoms with van der Waals surface area (Å²) >= 11 is 0. The number of ether oxygens (including phenoxy) is 1. The Morgan fingerprint density at radius 1 is 1.24 bits per heavy atom. The van der Waals surface area contributed by atoms with Crippen LogP contribution in [0.1, 0.15) is 37.7 Å². The van der Waals surface area contributed by atoms with Crippen LogP contribution in [-0.2, 0) is 16.0 Å². The number of aryl methyl sites for hydroxylation is 1. The van der Waals surface area contributed by atoms with Crippen LogP contribution in [-0.4, -0.2) is 25.2 Å². The van der Waals surface area contributed by atoms with Crippen molar-refractivity contribution in [2.24, 2.45) is 0 Å². The Hall–Kier alpha value is -1.62. The molecule has 4 nitrogen and oxygen atoms in total. The topological polar surface area (TPSA) is 50.4 Å². The molecule has 0 aromatic heterocycles. The predicted molar refractivity (Wildman–Crippen MR) is 80.0 cm³/mol. The maximum Gasteiger partial charge on any atom is 0.224 e. The lowest BCUT2D eigenvalue weighted by Crippen LogP contribution is -2.29. The molecule has 1 aliphatic carbocycles. The molecule has 0 unspecified atom stereocenters. The van der Waals surface area contributed by atoms with Crippen molar-refractivity contribution in [2.45, 2.75) is 50.7 Å². The largest absolute Gasteiger partial charge is 0.381 e. The Labute approximate surface area is 124 Å². The van der Waals surface area contributed by atoms with Gasteiger partial charge in [-0.2, -0.15) is 0 Å². The van der Waals surface area contributed by atoms with Crippen LogP contribution in [0, 0.1) is 5.82 Å². The molecule has 0 spiro atoms. The van der Waals surface area contributed by atoms with Crippen LogP contribution in [0.15, 0.2) is 12.1 Å². The van der Waals surface area contributed by atoms with Gasteiger partial charge in [-0.15, -0.1) is 0 Å². The lowest BCUT2D eigenvalue weighted by molar-refractivity contribution is -0.116. The fourth-order valence-corrected chi connectivity index (χ4v) is 3.17. The molecular weight excluding hydrogens is 271 g/mol. The number of amides is 1. The van der Waals surface area contributed by atoms with Crippen molar-refractivity contribution in [2.75, 3.05) is 17.7 Å². The Morgan fingerprint density at radius 2 is 2.00 bits per heavy atom. The van der Waals surface area contributed by atoms with Crippen molar-refractivity contribution >= 4 is 17.3 Å². The van der Waals surface area contributed by atoms with Gasteiger partial charge in [-0.3, -0.25) is 4.79 Å². The van der Waals surface area contributed by atoms with E-state index in [1.54, 1.807) is 13.2 Å². The number of hydrogen-bond donors (Lipinski definition) is 2. The van der Waals surface area contributed by atoms with Crippen LogP contribution >= 0.6 is 0 Å². The highest BCUT2D eigenvalue weighted by Gasteiger charge is 2.23. The smallest absolute Gasteiger partial charge is 0.224 e. The Bertz CT molecular complexity index is 539. The first-order valence-electron chi connectivity index (χ1n) is 7.57. The molecule has 2 aliphatic rings. The number of rotatable bonds is 3. The molecule has 0 bridgehead atoms. The zero-order valence-electron chi connectivity index (χ0n) is 12.2. The summed E-state index contributed by atoms with van der Waals surface area (Å²) in [5.74, 6) is -0.237. The van der Waals surface area contributed by atoms with Gasteiger partial charge in [0.05, 0.1) is 11.8 Å². The summed E-state index contributed by atoms with van der Waals surface area (Å²) in [4.78, 5) is 11.4. The third-order valence-corrected chi connectivity index (χ3v) is 4.46. The van der Waals surface area contributed by atoms with Gasteiger partial charge in [0.25, 0.3) is 0 Å². The molecule has 2 N–H and O–H groups in total. The highest BCUT2D eigenvalue weighted by atomic mass is 19.1. The molecule has 21 heavy (non-hydrogen) atoms. The van der Waals surface area contributed by atoms with E-state index < -0.39 is 0 Å². The minimum absolute atomic E-state index is 0.000612. The number of halogens is 1. The fourth-order valence-electron chi connectivity index (χ4n) is 3.17. The molecule has 1 saturated carbocycles. The average Bonchev–Trinajstić information content (AvgIpc) is 2.49. The van der Waals surface area contributed by atoms with E-state index in [9.17, 15) is 9.18 Å². The first kappa shape index (κ1) is 14.3. The predicted octanol–water partition coefficient (Wildman–Crippen LogP) is 3.08. The van der Waals surface area contributed by atoms with Crippen molar-refractivity contribution in [1.29, 1.82) is 0 Å². The minimum Gasteiger partial charge on any atom is -0.381 e. The molecule has 1 aliphatic heterocycles. The van der Waals surface area contributed by atoms with Crippen LogP contribution in [0.2, 0.25) is 0 Å². The number of hydrogen-bond acceptors (Lipinski definition) is 3. The molecule has 1 aromatic rings. The van der Waals surface area contributed by atoms with E-state index >= 15 is 0 Å². The molecule has 0 atom stereocenters. The molecule has 1 amide bonds. The summed E-state index contributed by atoms with van der Waals surface area (Å²) < 4.78 is 19.5. The maximum absolute atomic E-state index is 14.2. The van der Waals surface area contributed by atoms with Crippen LogP contribution in [0.3, 0.4) is 0 Å². The van der Waals surface area contributed by atoms with Crippen LogP contribution in [0.4, 0.5) is 15.8 Å². The number of methoxy groups -OCH3 is 1. The number of carbonyl (C=O) groups excluding carboxylic acids is 1. The summed E-state index contributed by atoms with van der Waals surface area (Å²) in [6.07, 6.45) is 5.31. The second-order valence-corrected chi connectivity index (χ2v) is 5.89. The standard InChI is InChI=1S/C16H21FN2O2/c1-21-12-5-3-11(4-6-12)18-15-9-14-10(8-13(15)17)2-7-16(20)19-14/h8-9,11-12,18H,2-7H2,1H3,(H,19,20). The first-order chi connectivity index (χ1) is 10.2. The summed E-state index contributed by atoms with van der Waals surface area (Å²) in [5, 5.41) is 6.09. The SMILES string of the molecule is COC1CCC(Nc2cc3c(cc2F)CCC(=O)N3)CC1. The van der Waals surface area contributed by atoms with E-state index in [1.165, 1.54) is 6.07 Å². The van der Waals surface area contributed by atoms with Crippen molar-refractivity contribution < 1.29 is 13.9 Å². The zero-order chi connectivity index (χ0) is 14.8. The summed E-state index contributed by atoms with van der Waals surface area (Å²) in [6, 6.07) is 3.53. The van der Waals surface area contributed by atoms with Crippen molar-refractivity contribution in [3.63, 3.8) is 0 Å². The second kappa shape index (κ2) is 6.02. The van der Waals surface area contributed by atoms with E-state index in [2.05, 4.69) is 10.6 Å². The lowest BCUT2D eigenvalue weighted by atomic mass is 9.92.